The Hall–Kier alpha value is -2.00. The number of ether oxygens (including phenoxy) is 1. The molecule has 0 heterocycles. The van der Waals surface area contributed by atoms with Crippen molar-refractivity contribution in [2.75, 3.05) is 0 Å². The lowest BCUT2D eigenvalue weighted by molar-refractivity contribution is -0.128. The lowest BCUT2D eigenvalue weighted by Crippen LogP contribution is -2.39. The lowest BCUT2D eigenvalue weighted by Gasteiger charge is -2.23. The van der Waals surface area contributed by atoms with Crippen molar-refractivity contribution in [3.63, 3.8) is 0 Å². The molecule has 0 aromatic heterocycles. The van der Waals surface area contributed by atoms with Crippen molar-refractivity contribution in [3.8, 4) is 5.75 Å². The second kappa shape index (κ2) is 8.74. The van der Waals surface area contributed by atoms with Crippen molar-refractivity contribution in [2.45, 2.75) is 39.3 Å². The Labute approximate surface area is 149 Å². The molecule has 0 saturated heterocycles. The van der Waals surface area contributed by atoms with Crippen molar-refractivity contribution in [1.29, 1.82) is 0 Å². The van der Waals surface area contributed by atoms with Crippen molar-refractivity contribution >= 4 is 17.5 Å². The van der Waals surface area contributed by atoms with Crippen LogP contribution in [0.4, 0.5) is 0 Å². The number of halogens is 1. The van der Waals surface area contributed by atoms with E-state index in [0.29, 0.717) is 16.7 Å². The molecule has 0 spiro atoms. The Balaban J connectivity index is 2.05. The van der Waals surface area contributed by atoms with Crippen LogP contribution in [0, 0.1) is 5.92 Å². The number of nitrogens with one attached hydrogen (secondary N) is 1. The van der Waals surface area contributed by atoms with Gasteiger partial charge in [-0.05, 0) is 37.0 Å². The van der Waals surface area contributed by atoms with Gasteiger partial charge in [-0.15, -0.1) is 0 Å². The Morgan fingerprint density at radius 2 is 1.67 bits per heavy atom. The Kier molecular flexibility index (Phi) is 6.68. The van der Waals surface area contributed by atoms with Crippen molar-refractivity contribution in [2.24, 2.45) is 5.92 Å². The molecule has 24 heavy (non-hydrogen) atoms. The lowest BCUT2D eigenvalue weighted by atomic mass is 9.97. The molecule has 0 saturated carbocycles. The number of rotatable bonds is 7. The van der Waals surface area contributed by atoms with Gasteiger partial charge >= 0.3 is 0 Å². The van der Waals surface area contributed by atoms with Gasteiger partial charge in [0.25, 0.3) is 5.91 Å². The van der Waals surface area contributed by atoms with Gasteiger partial charge in [0.1, 0.15) is 5.75 Å². The monoisotopic (exact) mass is 345 g/mol. The van der Waals surface area contributed by atoms with Crippen LogP contribution in [-0.2, 0) is 4.79 Å². The number of para-hydroxylation sites is 1. The predicted molar refractivity (Wildman–Crippen MR) is 98.3 cm³/mol. The smallest absolute Gasteiger partial charge is 0.261 e. The van der Waals surface area contributed by atoms with Crippen LogP contribution in [0.2, 0.25) is 5.02 Å². The molecule has 0 aliphatic carbocycles. The number of benzene rings is 2. The van der Waals surface area contributed by atoms with E-state index in [4.69, 9.17) is 16.3 Å². The predicted octanol–water partition coefficient (Wildman–Crippen LogP) is 5.01. The summed E-state index contributed by atoms with van der Waals surface area (Å²) in [6.45, 7) is 6.02. The number of hydrogen-bond donors (Lipinski definition) is 1. The first-order valence-corrected chi connectivity index (χ1v) is 8.61. The summed E-state index contributed by atoms with van der Waals surface area (Å²) in [5.41, 5.74) is 1.10. The Morgan fingerprint density at radius 3 is 2.29 bits per heavy atom. The van der Waals surface area contributed by atoms with E-state index in [1.165, 1.54) is 0 Å². The highest BCUT2D eigenvalue weighted by Gasteiger charge is 2.21. The third-order valence-electron chi connectivity index (χ3n) is 3.74. The van der Waals surface area contributed by atoms with Crippen LogP contribution in [0.3, 0.4) is 0 Å². The van der Waals surface area contributed by atoms with Crippen LogP contribution in [0.15, 0.2) is 54.6 Å². The van der Waals surface area contributed by atoms with Gasteiger partial charge in [0, 0.05) is 0 Å². The SMILES string of the molecule is CC(C)C[C@@H](NC(=O)[C@@H](C)Oc1ccccc1Cl)c1ccccc1. The molecule has 0 aliphatic rings. The molecule has 1 amide bonds. The molecule has 3 nitrogen and oxygen atoms in total. The highest BCUT2D eigenvalue weighted by molar-refractivity contribution is 6.32. The van der Waals surface area contributed by atoms with Crippen molar-refractivity contribution < 1.29 is 9.53 Å². The average Bonchev–Trinajstić information content (AvgIpc) is 2.56. The summed E-state index contributed by atoms with van der Waals surface area (Å²) in [5, 5.41) is 3.60. The summed E-state index contributed by atoms with van der Waals surface area (Å²) in [6.07, 6.45) is 0.248. The van der Waals surface area contributed by atoms with Crippen molar-refractivity contribution in [1.82, 2.24) is 5.32 Å². The van der Waals surface area contributed by atoms with Crippen molar-refractivity contribution in [3.05, 3.63) is 65.2 Å². The van der Waals surface area contributed by atoms with E-state index >= 15 is 0 Å². The molecule has 2 rings (SSSR count). The number of hydrogen-bond acceptors (Lipinski definition) is 2. The molecule has 2 aromatic carbocycles. The molecule has 0 radical (unpaired) electrons. The second-order valence-electron chi connectivity index (χ2n) is 6.29. The van der Waals surface area contributed by atoms with Gasteiger partial charge in [-0.2, -0.15) is 0 Å². The quantitative estimate of drug-likeness (QED) is 0.765. The normalized spacial score (nSPS) is 13.4. The maximum Gasteiger partial charge on any atom is 0.261 e. The van der Waals surface area contributed by atoms with Crippen LogP contribution in [0.5, 0.6) is 5.75 Å². The topological polar surface area (TPSA) is 38.3 Å². The molecule has 0 bridgehead atoms. The van der Waals surface area contributed by atoms with Gasteiger partial charge in [0.15, 0.2) is 6.10 Å². The van der Waals surface area contributed by atoms with Crippen LogP contribution in [-0.4, -0.2) is 12.0 Å². The number of amides is 1. The molecule has 0 fully saturated rings. The van der Waals surface area contributed by atoms with Gasteiger partial charge < -0.3 is 10.1 Å². The minimum atomic E-state index is -0.622. The first-order chi connectivity index (χ1) is 11.5. The van der Waals surface area contributed by atoms with Gasteiger partial charge in [-0.1, -0.05) is 67.9 Å². The van der Waals surface area contributed by atoms with Gasteiger partial charge in [0.05, 0.1) is 11.1 Å². The van der Waals surface area contributed by atoms with Gasteiger partial charge in [-0.3, -0.25) is 4.79 Å². The first kappa shape index (κ1) is 18.3. The minimum absolute atomic E-state index is 0.0315. The van der Waals surface area contributed by atoms with E-state index in [2.05, 4.69) is 19.2 Å². The number of carbonyl (C=O) groups is 1. The molecule has 2 aromatic rings. The summed E-state index contributed by atoms with van der Waals surface area (Å²) < 4.78 is 5.70. The summed E-state index contributed by atoms with van der Waals surface area (Å²) in [6, 6.07) is 17.1. The summed E-state index contributed by atoms with van der Waals surface area (Å²) in [4.78, 5) is 12.5. The van der Waals surface area contributed by atoms with Gasteiger partial charge in [0.2, 0.25) is 0 Å². The molecule has 128 valence electrons. The maximum absolute atomic E-state index is 12.5. The van der Waals surface area contributed by atoms with E-state index < -0.39 is 6.10 Å². The molecule has 0 aliphatic heterocycles. The fraction of sp³-hybridized carbons (Fsp3) is 0.350. The molecule has 2 atom stereocenters. The van der Waals surface area contributed by atoms with Crippen LogP contribution in [0.1, 0.15) is 38.8 Å². The van der Waals surface area contributed by atoms with E-state index in [-0.39, 0.29) is 11.9 Å². The first-order valence-electron chi connectivity index (χ1n) is 8.24. The number of carbonyl (C=O) groups excluding carboxylic acids is 1. The molecular formula is C20H24ClNO2. The second-order valence-corrected chi connectivity index (χ2v) is 6.70. The van der Waals surface area contributed by atoms with Gasteiger partial charge in [-0.25, -0.2) is 0 Å². The molecular weight excluding hydrogens is 322 g/mol. The van der Waals surface area contributed by atoms with E-state index in [0.717, 1.165) is 12.0 Å². The zero-order valence-electron chi connectivity index (χ0n) is 14.3. The van der Waals surface area contributed by atoms with E-state index in [1.807, 2.05) is 42.5 Å². The fourth-order valence-corrected chi connectivity index (χ4v) is 2.69. The Bertz CT molecular complexity index is 658. The standard InChI is InChI=1S/C20H24ClNO2/c1-14(2)13-18(16-9-5-4-6-10-16)22-20(23)15(3)24-19-12-8-7-11-17(19)21/h4-12,14-15,18H,13H2,1-3H3,(H,22,23)/t15-,18-/m1/s1. The highest BCUT2D eigenvalue weighted by atomic mass is 35.5. The largest absolute Gasteiger partial charge is 0.479 e. The molecule has 4 heteroatoms. The molecule has 1 N–H and O–H groups in total. The third kappa shape index (κ3) is 5.27. The van der Waals surface area contributed by atoms with E-state index in [9.17, 15) is 4.79 Å². The summed E-state index contributed by atoms with van der Waals surface area (Å²) >= 11 is 6.09. The highest BCUT2D eigenvalue weighted by Crippen LogP contribution is 2.25. The third-order valence-corrected chi connectivity index (χ3v) is 4.05. The zero-order valence-corrected chi connectivity index (χ0v) is 15.1. The average molecular weight is 346 g/mol. The van der Waals surface area contributed by atoms with E-state index in [1.54, 1.807) is 19.1 Å². The molecule has 0 unspecified atom stereocenters. The summed E-state index contributed by atoms with van der Waals surface area (Å²) in [5.74, 6) is 0.835. The van der Waals surface area contributed by atoms with Crippen LogP contribution in [0.25, 0.3) is 0 Å². The van der Waals surface area contributed by atoms with Crippen LogP contribution >= 0.6 is 11.6 Å². The zero-order chi connectivity index (χ0) is 17.5. The Morgan fingerprint density at radius 1 is 1.04 bits per heavy atom. The summed E-state index contributed by atoms with van der Waals surface area (Å²) in [7, 11) is 0. The fourth-order valence-electron chi connectivity index (χ4n) is 2.51. The minimum Gasteiger partial charge on any atom is -0.479 e. The maximum atomic E-state index is 12.5. The van der Waals surface area contributed by atoms with Crippen LogP contribution < -0.4 is 10.1 Å².